The number of amides is 1. The van der Waals surface area contributed by atoms with Crippen molar-refractivity contribution in [3.8, 4) is 0 Å². The molecule has 0 unspecified atom stereocenters. The molecule has 0 aromatic heterocycles. The van der Waals surface area contributed by atoms with E-state index in [1.807, 2.05) is 13.0 Å². The Bertz CT molecular complexity index is 655. The molecule has 1 fully saturated rings. The minimum absolute atomic E-state index is 0.0295. The van der Waals surface area contributed by atoms with E-state index in [1.54, 1.807) is 17.0 Å². The summed E-state index contributed by atoms with van der Waals surface area (Å²) in [6.45, 7) is 4.35. The van der Waals surface area contributed by atoms with Crippen LogP contribution in [0.1, 0.15) is 24.9 Å². The maximum atomic E-state index is 13.9. The molecule has 1 saturated heterocycles. The lowest BCUT2D eigenvalue weighted by atomic mass is 10.1. The number of nitrogens with zero attached hydrogens (tertiary/aromatic N) is 2. The number of carbonyl (C=O) groups excluding carboxylic acids is 1. The number of rotatable bonds is 5. The predicted molar refractivity (Wildman–Crippen MR) is 87.3 cm³/mol. The number of carbonyl (C=O) groups is 1. The summed E-state index contributed by atoms with van der Waals surface area (Å²) in [6.07, 6.45) is 1.16. The van der Waals surface area contributed by atoms with Crippen molar-refractivity contribution in [2.45, 2.75) is 19.4 Å². The number of halogens is 1. The molecule has 1 amide bonds. The third kappa shape index (κ3) is 5.00. The van der Waals surface area contributed by atoms with Crippen molar-refractivity contribution in [2.75, 3.05) is 38.2 Å². The van der Waals surface area contributed by atoms with Gasteiger partial charge in [0, 0.05) is 50.5 Å². The van der Waals surface area contributed by atoms with Gasteiger partial charge in [-0.05, 0) is 13.0 Å². The zero-order valence-corrected chi connectivity index (χ0v) is 14.4. The first-order valence-corrected chi connectivity index (χ1v) is 9.78. The zero-order valence-electron chi connectivity index (χ0n) is 13.5. The third-order valence-corrected chi connectivity index (χ3v) is 5.20. The Morgan fingerprint density at radius 1 is 1.22 bits per heavy atom. The summed E-state index contributed by atoms with van der Waals surface area (Å²) in [7, 11) is -3.12. The highest BCUT2D eigenvalue weighted by atomic mass is 32.2. The molecule has 5 nitrogen and oxygen atoms in total. The van der Waals surface area contributed by atoms with Crippen molar-refractivity contribution in [1.29, 1.82) is 0 Å². The topological polar surface area (TPSA) is 57.7 Å². The summed E-state index contributed by atoms with van der Waals surface area (Å²) in [6, 6.07) is 6.68. The second-order valence-corrected chi connectivity index (χ2v) is 8.25. The molecule has 7 heteroatoms. The van der Waals surface area contributed by atoms with Crippen LogP contribution >= 0.6 is 0 Å². The van der Waals surface area contributed by atoms with Gasteiger partial charge in [-0.2, -0.15) is 0 Å². The SMILES string of the molecule is C[C@@H](c1ccccc1F)N1CCN(C(=O)CCS(C)(=O)=O)CC1. The molecular weight excluding hydrogens is 319 g/mol. The van der Waals surface area contributed by atoms with Crippen LogP contribution in [0.2, 0.25) is 0 Å². The summed E-state index contributed by atoms with van der Waals surface area (Å²) in [5.41, 5.74) is 0.657. The van der Waals surface area contributed by atoms with Crippen LogP contribution in [-0.2, 0) is 14.6 Å². The average Bonchev–Trinajstić information content (AvgIpc) is 2.52. The monoisotopic (exact) mass is 342 g/mol. The molecule has 0 saturated carbocycles. The molecule has 2 rings (SSSR count). The molecule has 1 aliphatic rings. The van der Waals surface area contributed by atoms with Crippen LogP contribution in [0.15, 0.2) is 24.3 Å². The first kappa shape index (κ1) is 17.9. The van der Waals surface area contributed by atoms with Crippen LogP contribution in [0.25, 0.3) is 0 Å². The fourth-order valence-corrected chi connectivity index (χ4v) is 3.35. The quantitative estimate of drug-likeness (QED) is 0.813. The van der Waals surface area contributed by atoms with Crippen molar-refractivity contribution in [3.63, 3.8) is 0 Å². The maximum Gasteiger partial charge on any atom is 0.223 e. The number of benzene rings is 1. The molecule has 1 atom stereocenters. The number of hydrogen-bond donors (Lipinski definition) is 0. The molecule has 0 spiro atoms. The van der Waals surface area contributed by atoms with Crippen LogP contribution in [0.4, 0.5) is 4.39 Å². The lowest BCUT2D eigenvalue weighted by Gasteiger charge is -2.38. The molecular formula is C16H23FN2O3S. The Balaban J connectivity index is 1.88. The van der Waals surface area contributed by atoms with Gasteiger partial charge < -0.3 is 4.90 Å². The lowest BCUT2D eigenvalue weighted by Crippen LogP contribution is -2.49. The smallest absolute Gasteiger partial charge is 0.223 e. The Kier molecular flexibility index (Phi) is 5.75. The van der Waals surface area contributed by atoms with E-state index in [0.29, 0.717) is 31.7 Å². The van der Waals surface area contributed by atoms with Gasteiger partial charge in [-0.25, -0.2) is 12.8 Å². The van der Waals surface area contributed by atoms with E-state index in [2.05, 4.69) is 4.90 Å². The maximum absolute atomic E-state index is 13.9. The number of piperazine rings is 1. The Labute approximate surface area is 137 Å². The standard InChI is InChI=1S/C16H23FN2O3S/c1-13(14-5-3-4-6-15(14)17)18-8-10-19(11-9-18)16(20)7-12-23(2,21)22/h3-6,13H,7-12H2,1-2H3/t13-/m0/s1. The fraction of sp³-hybridized carbons (Fsp3) is 0.562. The van der Waals surface area contributed by atoms with Crippen molar-refractivity contribution in [3.05, 3.63) is 35.6 Å². The summed E-state index contributed by atoms with van der Waals surface area (Å²) >= 11 is 0. The van der Waals surface area contributed by atoms with Gasteiger partial charge in [-0.1, -0.05) is 18.2 Å². The second kappa shape index (κ2) is 7.40. The number of sulfone groups is 1. The molecule has 0 radical (unpaired) electrons. The van der Waals surface area contributed by atoms with Gasteiger partial charge in [0.1, 0.15) is 15.7 Å². The van der Waals surface area contributed by atoms with E-state index in [4.69, 9.17) is 0 Å². The summed E-state index contributed by atoms with van der Waals surface area (Å²) in [4.78, 5) is 15.9. The fourth-order valence-electron chi connectivity index (χ4n) is 2.80. The molecule has 0 aliphatic carbocycles. The molecule has 1 aliphatic heterocycles. The van der Waals surface area contributed by atoms with Gasteiger partial charge in [-0.15, -0.1) is 0 Å². The average molecular weight is 342 g/mol. The van der Waals surface area contributed by atoms with E-state index in [-0.39, 0.29) is 29.9 Å². The van der Waals surface area contributed by atoms with Gasteiger partial charge >= 0.3 is 0 Å². The highest BCUT2D eigenvalue weighted by molar-refractivity contribution is 7.90. The first-order valence-electron chi connectivity index (χ1n) is 7.72. The van der Waals surface area contributed by atoms with E-state index in [0.717, 1.165) is 6.26 Å². The molecule has 23 heavy (non-hydrogen) atoms. The van der Waals surface area contributed by atoms with E-state index in [9.17, 15) is 17.6 Å². The molecule has 1 aromatic rings. The van der Waals surface area contributed by atoms with Crippen molar-refractivity contribution in [2.24, 2.45) is 0 Å². The molecule has 128 valence electrons. The lowest BCUT2D eigenvalue weighted by molar-refractivity contribution is -0.132. The van der Waals surface area contributed by atoms with Gasteiger partial charge in [0.25, 0.3) is 0 Å². The van der Waals surface area contributed by atoms with Gasteiger partial charge in [-0.3, -0.25) is 9.69 Å². The number of hydrogen-bond acceptors (Lipinski definition) is 4. The largest absolute Gasteiger partial charge is 0.340 e. The van der Waals surface area contributed by atoms with E-state index in [1.165, 1.54) is 6.07 Å². The second-order valence-electron chi connectivity index (χ2n) is 5.99. The van der Waals surface area contributed by atoms with Crippen LogP contribution in [0, 0.1) is 5.82 Å². The summed E-state index contributed by atoms with van der Waals surface area (Å²) in [5, 5.41) is 0. The molecule has 1 aromatic carbocycles. The van der Waals surface area contributed by atoms with Crippen molar-refractivity contribution < 1.29 is 17.6 Å². The minimum Gasteiger partial charge on any atom is -0.340 e. The van der Waals surface area contributed by atoms with Crippen LogP contribution in [-0.4, -0.2) is 62.3 Å². The Morgan fingerprint density at radius 3 is 2.39 bits per heavy atom. The first-order chi connectivity index (χ1) is 10.8. The van der Waals surface area contributed by atoms with Crippen LogP contribution in [0.3, 0.4) is 0 Å². The van der Waals surface area contributed by atoms with Crippen LogP contribution < -0.4 is 0 Å². The highest BCUT2D eigenvalue weighted by Crippen LogP contribution is 2.24. The van der Waals surface area contributed by atoms with E-state index < -0.39 is 9.84 Å². The van der Waals surface area contributed by atoms with Crippen LogP contribution in [0.5, 0.6) is 0 Å². The molecule has 1 heterocycles. The molecule has 0 N–H and O–H groups in total. The Hall–Kier alpha value is -1.47. The van der Waals surface area contributed by atoms with E-state index >= 15 is 0 Å². The summed E-state index contributed by atoms with van der Waals surface area (Å²) in [5.74, 6) is -0.460. The zero-order chi connectivity index (χ0) is 17.0. The van der Waals surface area contributed by atoms with Gasteiger partial charge in [0.2, 0.25) is 5.91 Å². The third-order valence-electron chi connectivity index (χ3n) is 4.26. The Morgan fingerprint density at radius 2 is 1.83 bits per heavy atom. The minimum atomic E-state index is -3.12. The van der Waals surface area contributed by atoms with Gasteiger partial charge in [0.05, 0.1) is 5.75 Å². The molecule has 0 bridgehead atoms. The van der Waals surface area contributed by atoms with Gasteiger partial charge in [0.15, 0.2) is 0 Å². The van der Waals surface area contributed by atoms with Crippen molar-refractivity contribution in [1.82, 2.24) is 9.80 Å². The highest BCUT2D eigenvalue weighted by Gasteiger charge is 2.26. The normalized spacial score (nSPS) is 18.0. The van der Waals surface area contributed by atoms with Crippen molar-refractivity contribution >= 4 is 15.7 Å². The summed E-state index contributed by atoms with van der Waals surface area (Å²) < 4.78 is 36.1. The predicted octanol–water partition coefficient (Wildman–Crippen LogP) is 1.47.